The fourth-order valence-corrected chi connectivity index (χ4v) is 5.64. The molecule has 2 heterocycles. The van der Waals surface area contributed by atoms with Crippen molar-refractivity contribution in [3.8, 4) is 0 Å². The number of carbonyl (C=O) groups is 2. The normalized spacial score (nSPS) is 17.1. The summed E-state index contributed by atoms with van der Waals surface area (Å²) in [5, 5.41) is 14.5. The molecule has 1 saturated heterocycles. The molecule has 0 radical (unpaired) electrons. The van der Waals surface area contributed by atoms with E-state index in [0.29, 0.717) is 24.4 Å². The summed E-state index contributed by atoms with van der Waals surface area (Å²) in [4.78, 5) is 40.4. The van der Waals surface area contributed by atoms with Crippen LogP contribution in [0.25, 0.3) is 0 Å². The molecule has 0 bridgehead atoms. The number of non-ortho nitro benzene ring substituents is 1. The van der Waals surface area contributed by atoms with E-state index >= 15 is 0 Å². The zero-order valence-electron chi connectivity index (χ0n) is 26.9. The van der Waals surface area contributed by atoms with Gasteiger partial charge >= 0.3 is 49.7 Å². The first kappa shape index (κ1) is 33.2. The van der Waals surface area contributed by atoms with Crippen LogP contribution in [-0.2, 0) is 19.1 Å². The molecule has 44 heavy (non-hydrogen) atoms. The number of hydrogen-bond acceptors (Lipinski definition) is 9. The monoisotopic (exact) mass is 624 g/mol. The number of nitrogens with two attached hydrogens (primary N) is 1. The van der Waals surface area contributed by atoms with E-state index < -0.39 is 35.0 Å². The van der Waals surface area contributed by atoms with Crippen LogP contribution < -0.4 is 11.1 Å². The molecule has 2 aliphatic heterocycles. The minimum atomic E-state index is -1.03. The fraction of sp³-hybridized carbons (Fsp3) is 0.273. The molecule has 1 atom stereocenters. The average Bonchev–Trinajstić information content (AvgIpc) is 2.96. The van der Waals surface area contributed by atoms with Gasteiger partial charge in [-0.1, -0.05) is 72.8 Å². The molecule has 226 valence electrons. The van der Waals surface area contributed by atoms with Crippen molar-refractivity contribution < 1.29 is 26.8 Å². The second-order valence-electron chi connectivity index (χ2n) is 10.9. The Morgan fingerprint density at radius 3 is 2.09 bits per heavy atom. The fourth-order valence-electron chi connectivity index (χ4n) is 5.64. The summed E-state index contributed by atoms with van der Waals surface area (Å²) in [5.74, 6) is -2.37. The SMILES string of the molecule is CC1=C(C(=O)OC(C)C)C(c2cccc([N+](=O)[O-])c2)C(C(=O)OC2CN(C(c3ccccc3)c3ccccc3)C2)=C(N)N1.[Ca+2].[H-].[H-]. The van der Waals surface area contributed by atoms with Gasteiger partial charge in [-0.05, 0) is 37.5 Å². The molecule has 10 nitrogen and oxygen atoms in total. The van der Waals surface area contributed by atoms with Gasteiger partial charge in [0.1, 0.15) is 11.9 Å². The van der Waals surface area contributed by atoms with Crippen LogP contribution in [0, 0.1) is 10.1 Å². The Morgan fingerprint density at radius 1 is 0.955 bits per heavy atom. The first-order chi connectivity index (χ1) is 20.6. The summed E-state index contributed by atoms with van der Waals surface area (Å²) in [6.07, 6.45) is -0.855. The van der Waals surface area contributed by atoms with Gasteiger partial charge in [-0.25, -0.2) is 9.59 Å². The minimum Gasteiger partial charge on any atom is -1.00 e. The quantitative estimate of drug-likeness (QED) is 0.152. The molecular formula is C33H36CaN4O6. The van der Waals surface area contributed by atoms with Gasteiger partial charge in [-0.15, -0.1) is 0 Å². The summed E-state index contributed by atoms with van der Waals surface area (Å²) >= 11 is 0. The van der Waals surface area contributed by atoms with E-state index in [1.54, 1.807) is 26.8 Å². The van der Waals surface area contributed by atoms with Gasteiger partial charge < -0.3 is 23.4 Å². The molecule has 0 saturated carbocycles. The second kappa shape index (κ2) is 14.4. The molecule has 3 aromatic carbocycles. The van der Waals surface area contributed by atoms with E-state index in [1.165, 1.54) is 18.2 Å². The van der Waals surface area contributed by atoms with Crippen LogP contribution in [0.15, 0.2) is 108 Å². The maximum Gasteiger partial charge on any atom is 2.00 e. The zero-order valence-corrected chi connectivity index (χ0v) is 27.1. The molecule has 3 aromatic rings. The summed E-state index contributed by atoms with van der Waals surface area (Å²) in [6, 6.07) is 26.0. The molecule has 5 rings (SSSR count). The molecule has 0 aromatic heterocycles. The smallest absolute Gasteiger partial charge is 1.00 e. The third-order valence-corrected chi connectivity index (χ3v) is 7.54. The van der Waals surface area contributed by atoms with Crippen LogP contribution in [-0.4, -0.2) is 84.8 Å². The van der Waals surface area contributed by atoms with Gasteiger partial charge in [0.15, 0.2) is 0 Å². The molecule has 1 unspecified atom stereocenters. The van der Waals surface area contributed by atoms with Crippen molar-refractivity contribution in [3.05, 3.63) is 134 Å². The zero-order chi connectivity index (χ0) is 30.7. The van der Waals surface area contributed by atoms with Crippen LogP contribution in [0.5, 0.6) is 0 Å². The number of nitro groups is 1. The second-order valence-corrected chi connectivity index (χ2v) is 10.9. The number of nitrogens with zero attached hydrogens (tertiary/aromatic N) is 2. The molecule has 2 aliphatic rings. The van der Waals surface area contributed by atoms with E-state index in [-0.39, 0.29) is 69.3 Å². The number of hydrogen-bond donors (Lipinski definition) is 2. The van der Waals surface area contributed by atoms with Gasteiger partial charge in [0.2, 0.25) is 0 Å². The third kappa shape index (κ3) is 7.15. The van der Waals surface area contributed by atoms with Crippen LogP contribution in [0.2, 0.25) is 0 Å². The van der Waals surface area contributed by atoms with Crippen LogP contribution in [0.1, 0.15) is 52.3 Å². The van der Waals surface area contributed by atoms with Crippen molar-refractivity contribution in [1.82, 2.24) is 10.2 Å². The molecular weight excluding hydrogens is 588 g/mol. The Labute approximate surface area is 289 Å². The van der Waals surface area contributed by atoms with E-state index in [1.807, 2.05) is 36.4 Å². The van der Waals surface area contributed by atoms with Gasteiger partial charge in [0.25, 0.3) is 5.69 Å². The van der Waals surface area contributed by atoms with Gasteiger partial charge in [0, 0.05) is 30.9 Å². The molecule has 0 amide bonds. The Morgan fingerprint density at radius 2 is 1.55 bits per heavy atom. The van der Waals surface area contributed by atoms with Gasteiger partial charge in [0.05, 0.1) is 34.1 Å². The maximum absolute atomic E-state index is 13.8. The maximum atomic E-state index is 13.8. The number of esters is 2. The summed E-state index contributed by atoms with van der Waals surface area (Å²) in [7, 11) is 0. The van der Waals surface area contributed by atoms with Crippen molar-refractivity contribution in [2.45, 2.75) is 44.9 Å². The number of nitrogens with one attached hydrogen (secondary N) is 1. The standard InChI is InChI=1S/C33H34N4O6.Ca.2H/c1-20(2)42-32(38)27-21(3)35-31(34)29(28(27)24-15-10-16-25(17-24)37(40)41)33(39)43-26-18-36(19-26)30(22-11-6-4-7-12-22)23-13-8-5-9-14-23;;;/h4-17,20,26,28,30,35H,18-19,34H2,1-3H3;;;/q;+2;2*-1. The van der Waals surface area contributed by atoms with E-state index in [9.17, 15) is 19.7 Å². The number of ether oxygens (including phenoxy) is 2. The average molecular weight is 625 g/mol. The number of rotatable bonds is 9. The topological polar surface area (TPSA) is 137 Å². The van der Waals surface area contributed by atoms with Crippen molar-refractivity contribution >= 4 is 55.4 Å². The number of likely N-dealkylation sites (tertiary alicyclic amines) is 1. The van der Waals surface area contributed by atoms with Crippen LogP contribution >= 0.6 is 0 Å². The minimum absolute atomic E-state index is 0. The molecule has 0 spiro atoms. The molecule has 1 fully saturated rings. The van der Waals surface area contributed by atoms with E-state index in [2.05, 4.69) is 34.5 Å². The first-order valence-electron chi connectivity index (χ1n) is 14.1. The summed E-state index contributed by atoms with van der Waals surface area (Å²) in [6.45, 7) is 6.05. The van der Waals surface area contributed by atoms with Crippen molar-refractivity contribution in [2.24, 2.45) is 5.73 Å². The predicted octanol–water partition coefficient (Wildman–Crippen LogP) is 4.54. The third-order valence-electron chi connectivity index (χ3n) is 7.54. The number of benzene rings is 3. The van der Waals surface area contributed by atoms with Crippen molar-refractivity contribution in [2.75, 3.05) is 13.1 Å². The van der Waals surface area contributed by atoms with Crippen molar-refractivity contribution in [1.29, 1.82) is 0 Å². The number of carbonyl (C=O) groups excluding carboxylic acids is 2. The largest absolute Gasteiger partial charge is 2.00 e. The van der Waals surface area contributed by atoms with Gasteiger partial charge in [-0.3, -0.25) is 15.0 Å². The Balaban J connectivity index is 0.00000245. The Kier molecular flexibility index (Phi) is 10.9. The predicted molar refractivity (Wildman–Crippen MR) is 168 cm³/mol. The molecule has 11 heteroatoms. The van der Waals surface area contributed by atoms with E-state index in [4.69, 9.17) is 15.2 Å². The Bertz CT molecular complexity index is 1560. The van der Waals surface area contributed by atoms with Crippen LogP contribution in [0.3, 0.4) is 0 Å². The number of allylic oxidation sites excluding steroid dienone is 1. The number of dihydropyridines is 1. The molecule has 3 N–H and O–H groups in total. The Hall–Kier alpha value is -3.70. The number of nitro benzene ring substituents is 1. The first-order valence-corrected chi connectivity index (χ1v) is 14.1. The summed E-state index contributed by atoms with van der Waals surface area (Å²) in [5.41, 5.74) is 9.31. The summed E-state index contributed by atoms with van der Waals surface area (Å²) < 4.78 is 11.5. The van der Waals surface area contributed by atoms with Crippen molar-refractivity contribution in [3.63, 3.8) is 0 Å². The van der Waals surface area contributed by atoms with Crippen LogP contribution in [0.4, 0.5) is 5.69 Å². The van der Waals surface area contributed by atoms with E-state index in [0.717, 1.165) is 11.1 Å². The van der Waals surface area contributed by atoms with Gasteiger partial charge in [-0.2, -0.15) is 0 Å². The molecule has 0 aliphatic carbocycles.